The molecule has 0 aliphatic carbocycles. The van der Waals surface area contributed by atoms with Crippen LogP contribution < -0.4 is 5.32 Å². The van der Waals surface area contributed by atoms with Gasteiger partial charge in [-0.3, -0.25) is 4.99 Å². The van der Waals surface area contributed by atoms with E-state index in [2.05, 4.69) is 10.3 Å². The first-order valence-electron chi connectivity index (χ1n) is 4.91. The molecule has 2 atom stereocenters. The normalized spacial score (nSPS) is 32.7. The van der Waals surface area contributed by atoms with Gasteiger partial charge in [0.05, 0.1) is 5.04 Å². The van der Waals surface area contributed by atoms with Crippen molar-refractivity contribution in [3.8, 4) is 0 Å². The van der Waals surface area contributed by atoms with Crippen LogP contribution in [0.2, 0.25) is 0 Å². The van der Waals surface area contributed by atoms with Crippen molar-refractivity contribution in [2.75, 3.05) is 18.8 Å². The summed E-state index contributed by atoms with van der Waals surface area (Å²) < 4.78 is 0. The van der Waals surface area contributed by atoms with Crippen LogP contribution in [-0.2, 0) is 4.79 Å². The Kier molecular flexibility index (Phi) is 3.08. The summed E-state index contributed by atoms with van der Waals surface area (Å²) in [5.41, 5.74) is 0. The maximum atomic E-state index is 10.7. The zero-order chi connectivity index (χ0) is 9.97. The van der Waals surface area contributed by atoms with Gasteiger partial charge >= 0.3 is 5.97 Å². The summed E-state index contributed by atoms with van der Waals surface area (Å²) in [6, 6.07) is -0.503. The molecule has 2 N–H and O–H groups in total. The molecule has 1 fully saturated rings. The smallest absolute Gasteiger partial charge is 0.329 e. The van der Waals surface area contributed by atoms with E-state index < -0.39 is 12.0 Å². The van der Waals surface area contributed by atoms with Crippen LogP contribution in [0, 0.1) is 5.92 Å². The van der Waals surface area contributed by atoms with Gasteiger partial charge in [-0.2, -0.15) is 0 Å². The Balaban J connectivity index is 1.97. The number of nitrogens with one attached hydrogen (secondary N) is 1. The quantitative estimate of drug-likeness (QED) is 0.706. The molecule has 4 nitrogen and oxygen atoms in total. The Morgan fingerprint density at radius 1 is 1.64 bits per heavy atom. The average Bonchev–Trinajstić information content (AvgIpc) is 2.68. The second kappa shape index (κ2) is 4.31. The van der Waals surface area contributed by atoms with Crippen LogP contribution in [0.5, 0.6) is 0 Å². The molecule has 1 saturated heterocycles. The van der Waals surface area contributed by atoms with Crippen molar-refractivity contribution in [1.29, 1.82) is 0 Å². The summed E-state index contributed by atoms with van der Waals surface area (Å²) >= 11 is 1.61. The predicted octanol–water partition coefficient (Wildman–Crippen LogP) is 0.585. The van der Waals surface area contributed by atoms with Crippen molar-refractivity contribution < 1.29 is 9.90 Å². The lowest BCUT2D eigenvalue weighted by molar-refractivity contribution is -0.137. The molecule has 0 radical (unpaired) electrons. The maximum Gasteiger partial charge on any atom is 0.329 e. The highest BCUT2D eigenvalue weighted by Gasteiger charge is 2.29. The van der Waals surface area contributed by atoms with Crippen LogP contribution in [0.4, 0.5) is 0 Å². The molecule has 78 valence electrons. The summed E-state index contributed by atoms with van der Waals surface area (Å²) in [7, 11) is 0. The number of carboxylic acid groups (broad SMARTS) is 1. The van der Waals surface area contributed by atoms with E-state index in [1.165, 1.54) is 6.42 Å². The Labute approximate surface area is 87.2 Å². The Bertz CT molecular complexity index is 262. The van der Waals surface area contributed by atoms with Gasteiger partial charge in [0.25, 0.3) is 0 Å². The highest BCUT2D eigenvalue weighted by Crippen LogP contribution is 2.26. The van der Waals surface area contributed by atoms with Gasteiger partial charge in [-0.25, -0.2) is 4.79 Å². The van der Waals surface area contributed by atoms with Gasteiger partial charge in [-0.05, 0) is 19.4 Å². The number of thioether (sulfide) groups is 1. The molecule has 2 heterocycles. The molecule has 0 aromatic rings. The number of rotatable bonds is 2. The van der Waals surface area contributed by atoms with Gasteiger partial charge in [0, 0.05) is 18.2 Å². The fraction of sp³-hybridized carbons (Fsp3) is 0.778. The zero-order valence-corrected chi connectivity index (χ0v) is 8.72. The third-order valence-electron chi connectivity index (χ3n) is 2.60. The van der Waals surface area contributed by atoms with Crippen molar-refractivity contribution in [2.24, 2.45) is 10.9 Å². The van der Waals surface area contributed by atoms with Crippen LogP contribution >= 0.6 is 11.8 Å². The van der Waals surface area contributed by atoms with Crippen LogP contribution in [0.1, 0.15) is 12.8 Å². The largest absolute Gasteiger partial charge is 0.480 e. The molecule has 0 saturated carbocycles. The molecule has 0 aromatic heterocycles. The fourth-order valence-electron chi connectivity index (χ4n) is 1.80. The minimum absolute atomic E-state index is 0.457. The first kappa shape index (κ1) is 9.98. The van der Waals surface area contributed by atoms with Gasteiger partial charge in [0.2, 0.25) is 0 Å². The topological polar surface area (TPSA) is 61.7 Å². The average molecular weight is 214 g/mol. The molecule has 0 spiro atoms. The monoisotopic (exact) mass is 214 g/mol. The zero-order valence-electron chi connectivity index (χ0n) is 7.90. The third kappa shape index (κ3) is 2.09. The molecule has 2 aliphatic heterocycles. The first-order valence-corrected chi connectivity index (χ1v) is 5.90. The molecule has 0 aromatic carbocycles. The van der Waals surface area contributed by atoms with E-state index in [0.29, 0.717) is 11.7 Å². The van der Waals surface area contributed by atoms with E-state index in [9.17, 15) is 4.79 Å². The van der Waals surface area contributed by atoms with Gasteiger partial charge in [-0.15, -0.1) is 11.8 Å². The molecule has 0 bridgehead atoms. The van der Waals surface area contributed by atoms with Crippen molar-refractivity contribution in [3.63, 3.8) is 0 Å². The highest BCUT2D eigenvalue weighted by molar-refractivity contribution is 8.14. The Morgan fingerprint density at radius 3 is 3.07 bits per heavy atom. The van der Waals surface area contributed by atoms with Gasteiger partial charge < -0.3 is 10.4 Å². The lowest BCUT2D eigenvalue weighted by Gasteiger charge is -2.21. The lowest BCUT2D eigenvalue weighted by atomic mass is 10.0. The SMILES string of the molecule is O=C(O)C1CSC(C2CCCNC2)=N1. The van der Waals surface area contributed by atoms with Gasteiger partial charge in [-0.1, -0.05) is 0 Å². The second-order valence-electron chi connectivity index (χ2n) is 3.68. The first-order chi connectivity index (χ1) is 6.77. The second-order valence-corrected chi connectivity index (χ2v) is 4.72. The number of piperidine rings is 1. The van der Waals surface area contributed by atoms with Crippen LogP contribution in [0.15, 0.2) is 4.99 Å². The minimum atomic E-state index is -0.795. The van der Waals surface area contributed by atoms with Gasteiger partial charge in [0.1, 0.15) is 0 Å². The molecule has 2 unspecified atom stereocenters. The summed E-state index contributed by atoms with van der Waals surface area (Å²) in [4.78, 5) is 14.9. The Hall–Kier alpha value is -0.550. The minimum Gasteiger partial charge on any atom is -0.480 e. The van der Waals surface area contributed by atoms with Gasteiger partial charge in [0.15, 0.2) is 6.04 Å². The summed E-state index contributed by atoms with van der Waals surface area (Å²) in [6.45, 7) is 2.04. The van der Waals surface area contributed by atoms with E-state index in [1.807, 2.05) is 0 Å². The number of hydrogen-bond acceptors (Lipinski definition) is 4. The number of carbonyl (C=O) groups is 1. The number of hydrogen-bond donors (Lipinski definition) is 2. The van der Waals surface area contributed by atoms with E-state index in [4.69, 9.17) is 5.11 Å². The van der Waals surface area contributed by atoms with E-state index in [-0.39, 0.29) is 0 Å². The standard InChI is InChI=1S/C9H14N2O2S/c12-9(13)7-5-14-8(11-7)6-2-1-3-10-4-6/h6-7,10H,1-5H2,(H,12,13). The molecule has 14 heavy (non-hydrogen) atoms. The van der Waals surface area contributed by atoms with Crippen LogP contribution in [0.25, 0.3) is 0 Å². The Morgan fingerprint density at radius 2 is 2.50 bits per heavy atom. The van der Waals surface area contributed by atoms with Crippen LogP contribution in [-0.4, -0.2) is 41.0 Å². The summed E-state index contributed by atoms with van der Waals surface area (Å²) in [5, 5.41) is 13.2. The molecule has 0 amide bonds. The summed E-state index contributed by atoms with van der Waals surface area (Å²) in [5.74, 6) is 0.274. The van der Waals surface area contributed by atoms with E-state index >= 15 is 0 Å². The van der Waals surface area contributed by atoms with Crippen molar-refractivity contribution in [3.05, 3.63) is 0 Å². The number of nitrogens with zero attached hydrogens (tertiary/aromatic N) is 1. The molecular weight excluding hydrogens is 200 g/mol. The predicted molar refractivity (Wildman–Crippen MR) is 56.9 cm³/mol. The third-order valence-corrected chi connectivity index (χ3v) is 3.82. The maximum absolute atomic E-state index is 10.7. The fourth-order valence-corrected chi connectivity index (χ4v) is 2.99. The van der Waals surface area contributed by atoms with E-state index in [0.717, 1.165) is 24.6 Å². The molecule has 2 aliphatic rings. The number of carboxylic acids is 1. The molecule has 5 heteroatoms. The number of aliphatic imine (C=N–C) groups is 1. The number of aliphatic carboxylic acids is 1. The highest BCUT2D eigenvalue weighted by atomic mass is 32.2. The van der Waals surface area contributed by atoms with E-state index in [1.54, 1.807) is 11.8 Å². The molecule has 2 rings (SSSR count). The summed E-state index contributed by atoms with van der Waals surface area (Å²) in [6.07, 6.45) is 2.31. The van der Waals surface area contributed by atoms with Crippen molar-refractivity contribution >= 4 is 22.8 Å². The molecular formula is C9H14N2O2S. The van der Waals surface area contributed by atoms with Crippen LogP contribution in [0.3, 0.4) is 0 Å². The van der Waals surface area contributed by atoms with Crippen molar-refractivity contribution in [1.82, 2.24) is 5.32 Å². The lowest BCUT2D eigenvalue weighted by Crippen LogP contribution is -2.33. The van der Waals surface area contributed by atoms with Crippen molar-refractivity contribution in [2.45, 2.75) is 18.9 Å².